The van der Waals surface area contributed by atoms with Crippen LogP contribution in [0, 0.1) is 0 Å². The number of thiazole rings is 1. The summed E-state index contributed by atoms with van der Waals surface area (Å²) in [4.78, 5) is 4.66. The normalized spacial score (nSPS) is 11.8. The van der Waals surface area contributed by atoms with Crippen molar-refractivity contribution in [1.29, 1.82) is 0 Å². The highest BCUT2D eigenvalue weighted by molar-refractivity contribution is 7.09. The van der Waals surface area contributed by atoms with Crippen molar-refractivity contribution in [2.24, 2.45) is 0 Å². The van der Waals surface area contributed by atoms with Gasteiger partial charge in [-0.25, -0.2) is 4.98 Å². The molecule has 0 bridgehead atoms. The highest BCUT2D eigenvalue weighted by Crippen LogP contribution is 2.22. The van der Waals surface area contributed by atoms with Crippen LogP contribution in [0.4, 0.5) is 0 Å². The molecule has 0 saturated carbocycles. The number of benzene rings is 1. The molecule has 0 atom stereocenters. The zero-order valence-corrected chi connectivity index (χ0v) is 12.9. The molecule has 20 heavy (non-hydrogen) atoms. The Kier molecular flexibility index (Phi) is 5.29. The van der Waals surface area contributed by atoms with Crippen molar-refractivity contribution in [1.82, 2.24) is 10.3 Å². The molecule has 0 fully saturated rings. The highest BCUT2D eigenvalue weighted by atomic mass is 32.1. The van der Waals surface area contributed by atoms with Gasteiger partial charge in [0.25, 0.3) is 0 Å². The van der Waals surface area contributed by atoms with Gasteiger partial charge < -0.3 is 10.4 Å². The van der Waals surface area contributed by atoms with E-state index in [1.54, 1.807) is 11.3 Å². The Morgan fingerprint density at radius 1 is 1.20 bits per heavy atom. The molecule has 0 aliphatic rings. The van der Waals surface area contributed by atoms with Gasteiger partial charge in [-0.3, -0.25) is 0 Å². The Morgan fingerprint density at radius 3 is 2.50 bits per heavy atom. The minimum atomic E-state index is -0.182. The summed E-state index contributed by atoms with van der Waals surface area (Å²) in [6.07, 6.45) is 1.83. The lowest BCUT2D eigenvalue weighted by atomic mass is 9.94. The molecule has 1 aromatic heterocycles. The molecule has 0 spiro atoms. The number of aliphatic hydroxyl groups excluding tert-OH is 1. The van der Waals surface area contributed by atoms with E-state index in [0.717, 1.165) is 29.1 Å². The molecule has 4 heteroatoms. The number of hydrogen-bond acceptors (Lipinski definition) is 4. The molecule has 0 aliphatic carbocycles. The first-order valence-electron chi connectivity index (χ1n) is 7.08. The van der Waals surface area contributed by atoms with Gasteiger partial charge in [-0.15, -0.1) is 11.3 Å². The quantitative estimate of drug-likeness (QED) is 0.821. The van der Waals surface area contributed by atoms with Gasteiger partial charge in [-0.1, -0.05) is 44.2 Å². The minimum absolute atomic E-state index is 0.164. The number of aromatic nitrogens is 1. The van der Waals surface area contributed by atoms with E-state index in [9.17, 15) is 5.11 Å². The van der Waals surface area contributed by atoms with Crippen LogP contribution in [-0.2, 0) is 6.54 Å². The summed E-state index contributed by atoms with van der Waals surface area (Å²) in [5.41, 5.74) is 1.99. The lowest BCUT2D eigenvalue weighted by Gasteiger charge is -2.30. The fourth-order valence-electron chi connectivity index (χ4n) is 2.18. The Labute approximate surface area is 124 Å². The molecule has 2 N–H and O–H groups in total. The van der Waals surface area contributed by atoms with Crippen molar-refractivity contribution >= 4 is 11.3 Å². The predicted octanol–water partition coefficient (Wildman–Crippen LogP) is 3.45. The monoisotopic (exact) mass is 290 g/mol. The third-order valence-electron chi connectivity index (χ3n) is 3.89. The Morgan fingerprint density at radius 2 is 1.90 bits per heavy atom. The molecule has 2 rings (SSSR count). The van der Waals surface area contributed by atoms with Gasteiger partial charge in [0, 0.05) is 23.0 Å². The first-order chi connectivity index (χ1) is 9.73. The van der Waals surface area contributed by atoms with Crippen LogP contribution in [0.5, 0.6) is 0 Å². The van der Waals surface area contributed by atoms with Gasteiger partial charge >= 0.3 is 0 Å². The molecule has 2 aromatic rings. The lowest BCUT2D eigenvalue weighted by Crippen LogP contribution is -2.47. The molecule has 0 amide bonds. The summed E-state index contributed by atoms with van der Waals surface area (Å²) < 4.78 is 0. The number of nitrogens with zero attached hydrogens (tertiary/aromatic N) is 1. The average Bonchev–Trinajstić information content (AvgIpc) is 2.99. The van der Waals surface area contributed by atoms with Crippen molar-refractivity contribution in [2.45, 2.75) is 38.8 Å². The highest BCUT2D eigenvalue weighted by Gasteiger charge is 2.24. The average molecular weight is 290 g/mol. The maximum absolute atomic E-state index is 9.56. The fourth-order valence-corrected chi connectivity index (χ4v) is 2.92. The van der Waals surface area contributed by atoms with E-state index in [-0.39, 0.29) is 12.1 Å². The fraction of sp³-hybridized carbons (Fsp3) is 0.438. The third kappa shape index (κ3) is 3.45. The molecule has 0 unspecified atom stereocenters. The van der Waals surface area contributed by atoms with Crippen molar-refractivity contribution in [3.63, 3.8) is 0 Å². The molecule has 108 valence electrons. The molecule has 1 aromatic carbocycles. The van der Waals surface area contributed by atoms with Gasteiger partial charge in [0.05, 0.1) is 12.3 Å². The molecule has 0 aliphatic heterocycles. The van der Waals surface area contributed by atoms with Crippen LogP contribution >= 0.6 is 11.3 Å². The first kappa shape index (κ1) is 15.2. The summed E-state index contributed by atoms with van der Waals surface area (Å²) in [6.45, 7) is 5.07. The van der Waals surface area contributed by atoms with Gasteiger partial charge in [0.2, 0.25) is 0 Å². The van der Waals surface area contributed by atoms with Crippen LogP contribution in [-0.4, -0.2) is 22.2 Å². The topological polar surface area (TPSA) is 45.1 Å². The summed E-state index contributed by atoms with van der Waals surface area (Å²) in [7, 11) is 0. The van der Waals surface area contributed by atoms with E-state index in [1.807, 2.05) is 18.2 Å². The summed E-state index contributed by atoms with van der Waals surface area (Å²) in [6, 6.07) is 10.2. The Balaban J connectivity index is 2.03. The summed E-state index contributed by atoms with van der Waals surface area (Å²) >= 11 is 1.66. The van der Waals surface area contributed by atoms with E-state index in [4.69, 9.17) is 0 Å². The zero-order valence-electron chi connectivity index (χ0n) is 12.1. The molecular weight excluding hydrogens is 268 g/mol. The summed E-state index contributed by atoms with van der Waals surface area (Å²) in [5.74, 6) is 0. The smallest absolute Gasteiger partial charge is 0.107 e. The van der Waals surface area contributed by atoms with E-state index in [1.165, 1.54) is 0 Å². The molecule has 0 radical (unpaired) electrons. The SMILES string of the molecule is CCC(CC)(CO)NCc1nc(-c2ccccc2)cs1. The molecule has 3 nitrogen and oxygen atoms in total. The second-order valence-corrected chi connectivity index (χ2v) is 5.93. The van der Waals surface area contributed by atoms with Crippen molar-refractivity contribution in [3.05, 3.63) is 40.7 Å². The van der Waals surface area contributed by atoms with Gasteiger partial charge in [-0.05, 0) is 12.8 Å². The standard InChI is InChI=1S/C16H22N2OS/c1-3-16(4-2,12-19)17-10-15-18-14(11-20-15)13-8-6-5-7-9-13/h5-9,11,17,19H,3-4,10,12H2,1-2H3. The third-order valence-corrected chi connectivity index (χ3v) is 4.74. The lowest BCUT2D eigenvalue weighted by molar-refractivity contribution is 0.149. The van der Waals surface area contributed by atoms with Crippen molar-refractivity contribution < 1.29 is 5.11 Å². The summed E-state index contributed by atoms with van der Waals surface area (Å²) in [5, 5.41) is 16.2. The maximum Gasteiger partial charge on any atom is 0.107 e. The van der Waals surface area contributed by atoms with Gasteiger partial charge in [0.15, 0.2) is 0 Å². The minimum Gasteiger partial charge on any atom is -0.394 e. The van der Waals surface area contributed by atoms with E-state index in [2.05, 4.69) is 41.7 Å². The number of nitrogens with one attached hydrogen (secondary N) is 1. The predicted molar refractivity (Wildman–Crippen MR) is 84.8 cm³/mol. The van der Waals surface area contributed by atoms with Crippen LogP contribution in [0.15, 0.2) is 35.7 Å². The van der Waals surface area contributed by atoms with Gasteiger partial charge in [-0.2, -0.15) is 0 Å². The second-order valence-electron chi connectivity index (χ2n) is 4.99. The number of rotatable bonds is 7. The van der Waals surface area contributed by atoms with Crippen LogP contribution < -0.4 is 5.32 Å². The second kappa shape index (κ2) is 6.97. The number of aliphatic hydroxyl groups is 1. The molecular formula is C16H22N2OS. The van der Waals surface area contributed by atoms with Crippen molar-refractivity contribution in [2.75, 3.05) is 6.61 Å². The Bertz CT molecular complexity index is 512. The van der Waals surface area contributed by atoms with E-state index < -0.39 is 0 Å². The van der Waals surface area contributed by atoms with Crippen molar-refractivity contribution in [3.8, 4) is 11.3 Å². The van der Waals surface area contributed by atoms with E-state index in [0.29, 0.717) is 6.54 Å². The van der Waals surface area contributed by atoms with Crippen LogP contribution in [0.25, 0.3) is 11.3 Å². The number of hydrogen-bond donors (Lipinski definition) is 2. The van der Waals surface area contributed by atoms with Crippen LogP contribution in [0.2, 0.25) is 0 Å². The first-order valence-corrected chi connectivity index (χ1v) is 7.96. The Hall–Kier alpha value is -1.23. The largest absolute Gasteiger partial charge is 0.394 e. The molecule has 1 heterocycles. The van der Waals surface area contributed by atoms with Crippen LogP contribution in [0.1, 0.15) is 31.7 Å². The van der Waals surface area contributed by atoms with Gasteiger partial charge in [0.1, 0.15) is 5.01 Å². The zero-order chi connectivity index (χ0) is 14.4. The maximum atomic E-state index is 9.56. The van der Waals surface area contributed by atoms with Crippen LogP contribution in [0.3, 0.4) is 0 Å². The van der Waals surface area contributed by atoms with E-state index >= 15 is 0 Å². The molecule has 0 saturated heterocycles.